The molecule has 1 amide bonds. The SMILES string of the molecule is Cc1c(N)cncc1-c1cc2cc(NC(=O)C3[C@H]4COC[C@@H]34)ncc2c(N)c1F. The number of hydrogen-bond donors (Lipinski definition) is 3. The van der Waals surface area contributed by atoms with Crippen molar-refractivity contribution in [2.45, 2.75) is 6.92 Å². The number of carbonyl (C=O) groups is 1. The minimum atomic E-state index is -0.544. The van der Waals surface area contributed by atoms with Gasteiger partial charge in [0, 0.05) is 34.8 Å². The van der Waals surface area contributed by atoms with Gasteiger partial charge in [-0.25, -0.2) is 9.37 Å². The van der Waals surface area contributed by atoms with Crippen molar-refractivity contribution >= 4 is 33.9 Å². The van der Waals surface area contributed by atoms with E-state index in [4.69, 9.17) is 16.2 Å². The number of nitrogens with one attached hydrogen (secondary N) is 1. The first kappa shape index (κ1) is 17.8. The molecule has 1 unspecified atom stereocenters. The maximum Gasteiger partial charge on any atom is 0.229 e. The third-order valence-corrected chi connectivity index (χ3v) is 6.05. The van der Waals surface area contributed by atoms with E-state index in [-0.39, 0.29) is 17.5 Å². The number of halogens is 1. The molecule has 3 heterocycles. The first-order valence-electron chi connectivity index (χ1n) is 9.42. The number of benzene rings is 1. The Kier molecular flexibility index (Phi) is 3.92. The number of aromatic nitrogens is 2. The van der Waals surface area contributed by atoms with Crippen molar-refractivity contribution in [3.8, 4) is 11.1 Å². The third-order valence-electron chi connectivity index (χ3n) is 6.05. The van der Waals surface area contributed by atoms with E-state index in [1.807, 2.05) is 0 Å². The highest BCUT2D eigenvalue weighted by atomic mass is 19.1. The molecule has 1 aliphatic heterocycles. The summed E-state index contributed by atoms with van der Waals surface area (Å²) in [5.41, 5.74) is 14.1. The van der Waals surface area contributed by atoms with Crippen LogP contribution in [-0.2, 0) is 9.53 Å². The van der Waals surface area contributed by atoms with E-state index < -0.39 is 5.82 Å². The molecule has 2 aromatic heterocycles. The molecule has 3 aromatic rings. The van der Waals surface area contributed by atoms with Crippen molar-refractivity contribution in [2.24, 2.45) is 17.8 Å². The Hall–Kier alpha value is -3.26. The predicted molar refractivity (Wildman–Crippen MR) is 108 cm³/mol. The molecule has 2 fully saturated rings. The Bertz CT molecular complexity index is 1160. The molecular weight excluding hydrogens is 373 g/mol. The van der Waals surface area contributed by atoms with Gasteiger partial charge in [-0.3, -0.25) is 9.78 Å². The van der Waals surface area contributed by atoms with Crippen molar-refractivity contribution in [1.82, 2.24) is 9.97 Å². The van der Waals surface area contributed by atoms with Gasteiger partial charge in [-0.05, 0) is 41.8 Å². The number of rotatable bonds is 3. The summed E-state index contributed by atoms with van der Waals surface area (Å²) < 4.78 is 20.3. The highest BCUT2D eigenvalue weighted by Gasteiger charge is 2.58. The molecule has 0 radical (unpaired) electrons. The Morgan fingerprint density at radius 3 is 2.69 bits per heavy atom. The van der Waals surface area contributed by atoms with E-state index in [9.17, 15) is 9.18 Å². The molecular formula is C21H20FN5O2. The fraction of sp³-hybridized carbons (Fsp3) is 0.286. The third kappa shape index (κ3) is 2.79. The lowest BCUT2D eigenvalue weighted by molar-refractivity contribution is -0.118. The van der Waals surface area contributed by atoms with Gasteiger partial charge in [-0.1, -0.05) is 0 Å². The number of nitrogens with zero attached hydrogens (tertiary/aromatic N) is 2. The van der Waals surface area contributed by atoms with Gasteiger partial charge >= 0.3 is 0 Å². The number of anilines is 3. The second-order valence-corrected chi connectivity index (χ2v) is 7.72. The molecule has 8 heteroatoms. The first-order valence-corrected chi connectivity index (χ1v) is 9.42. The van der Waals surface area contributed by atoms with Crippen LogP contribution < -0.4 is 16.8 Å². The number of fused-ring (bicyclic) bond motifs is 2. The topological polar surface area (TPSA) is 116 Å². The van der Waals surface area contributed by atoms with Crippen LogP contribution in [0.15, 0.2) is 30.7 Å². The molecule has 7 nitrogen and oxygen atoms in total. The zero-order valence-electron chi connectivity index (χ0n) is 15.8. The quantitative estimate of drug-likeness (QED) is 0.589. The fourth-order valence-electron chi connectivity index (χ4n) is 4.21. The van der Waals surface area contributed by atoms with Crippen molar-refractivity contribution in [3.63, 3.8) is 0 Å². The van der Waals surface area contributed by atoms with Gasteiger partial charge in [0.05, 0.1) is 30.8 Å². The lowest BCUT2D eigenvalue weighted by Crippen LogP contribution is -2.19. The maximum absolute atomic E-state index is 15.0. The molecule has 0 bridgehead atoms. The standard InChI is InChI=1S/C21H20FN5O2/c1-9-12(4-25-6-16(9)23)11-2-10-3-17(26-5-13(10)20(24)19(11)22)27-21(28)18-14-7-29-8-15(14)18/h2-6,14-15,18H,7-8,23-24H2,1H3,(H,26,27,28)/t14-,15+,18?. The first-order chi connectivity index (χ1) is 14.0. The van der Waals surface area contributed by atoms with Crippen molar-refractivity contribution in [3.05, 3.63) is 42.1 Å². The molecule has 0 spiro atoms. The van der Waals surface area contributed by atoms with Gasteiger partial charge < -0.3 is 21.5 Å². The number of pyridine rings is 2. The second kappa shape index (κ2) is 6.38. The minimum Gasteiger partial charge on any atom is -0.397 e. The number of carbonyl (C=O) groups excluding carboxylic acids is 1. The van der Waals surface area contributed by atoms with Gasteiger partial charge in [0.2, 0.25) is 5.91 Å². The largest absolute Gasteiger partial charge is 0.397 e. The average molecular weight is 393 g/mol. The molecule has 29 heavy (non-hydrogen) atoms. The van der Waals surface area contributed by atoms with E-state index in [0.717, 1.165) is 5.56 Å². The van der Waals surface area contributed by atoms with Crippen LogP contribution >= 0.6 is 0 Å². The van der Waals surface area contributed by atoms with Crippen molar-refractivity contribution in [2.75, 3.05) is 30.0 Å². The Labute approximate surface area is 166 Å². The summed E-state index contributed by atoms with van der Waals surface area (Å²) in [5, 5.41) is 4.02. The summed E-state index contributed by atoms with van der Waals surface area (Å²) in [5.74, 6) is 0.416. The monoisotopic (exact) mass is 393 g/mol. The van der Waals surface area contributed by atoms with E-state index in [0.29, 0.717) is 58.5 Å². The van der Waals surface area contributed by atoms with E-state index in [2.05, 4.69) is 15.3 Å². The summed E-state index contributed by atoms with van der Waals surface area (Å²) in [6.45, 7) is 3.09. The second-order valence-electron chi connectivity index (χ2n) is 7.72. The van der Waals surface area contributed by atoms with E-state index in [1.165, 1.54) is 12.4 Å². The minimum absolute atomic E-state index is 0.00132. The molecule has 3 atom stereocenters. The lowest BCUT2D eigenvalue weighted by Gasteiger charge is -2.13. The van der Waals surface area contributed by atoms with Crippen LogP contribution in [0.25, 0.3) is 21.9 Å². The van der Waals surface area contributed by atoms with Gasteiger partial charge in [-0.15, -0.1) is 0 Å². The molecule has 148 valence electrons. The average Bonchev–Trinajstić information content (AvgIpc) is 3.19. The number of ether oxygens (including phenoxy) is 1. The maximum atomic E-state index is 15.0. The number of nitrogens with two attached hydrogens (primary N) is 2. The summed E-state index contributed by atoms with van der Waals surface area (Å²) in [6.07, 6.45) is 4.57. The van der Waals surface area contributed by atoms with Crippen LogP contribution in [0.2, 0.25) is 0 Å². The zero-order chi connectivity index (χ0) is 20.3. The summed E-state index contributed by atoms with van der Waals surface area (Å²) in [7, 11) is 0. The molecule has 1 aromatic carbocycles. The van der Waals surface area contributed by atoms with Gasteiger partial charge in [0.25, 0.3) is 0 Å². The highest BCUT2D eigenvalue weighted by molar-refractivity contribution is 6.00. The van der Waals surface area contributed by atoms with Crippen molar-refractivity contribution < 1.29 is 13.9 Å². The Balaban J connectivity index is 1.52. The molecule has 1 saturated carbocycles. The summed E-state index contributed by atoms with van der Waals surface area (Å²) >= 11 is 0. The molecule has 5 rings (SSSR count). The van der Waals surface area contributed by atoms with Crippen LogP contribution in [0.3, 0.4) is 0 Å². The van der Waals surface area contributed by atoms with Gasteiger partial charge in [0.15, 0.2) is 5.82 Å². The Morgan fingerprint density at radius 2 is 1.93 bits per heavy atom. The summed E-state index contributed by atoms with van der Waals surface area (Å²) in [4.78, 5) is 20.8. The smallest absolute Gasteiger partial charge is 0.229 e. The Morgan fingerprint density at radius 1 is 1.17 bits per heavy atom. The summed E-state index contributed by atoms with van der Waals surface area (Å²) in [6, 6.07) is 3.39. The number of amides is 1. The van der Waals surface area contributed by atoms with Crippen LogP contribution in [0.1, 0.15) is 5.56 Å². The van der Waals surface area contributed by atoms with E-state index in [1.54, 1.807) is 25.3 Å². The molecule has 2 aliphatic rings. The molecule has 1 aliphatic carbocycles. The fourth-order valence-corrected chi connectivity index (χ4v) is 4.21. The predicted octanol–water partition coefficient (Wildman–Crippen LogP) is 2.74. The van der Waals surface area contributed by atoms with E-state index >= 15 is 0 Å². The van der Waals surface area contributed by atoms with Crippen LogP contribution in [0, 0.1) is 30.5 Å². The number of nitrogen functional groups attached to an aromatic ring is 2. The highest BCUT2D eigenvalue weighted by Crippen LogP contribution is 2.51. The molecule has 5 N–H and O–H groups in total. The number of hydrogen-bond acceptors (Lipinski definition) is 6. The van der Waals surface area contributed by atoms with Gasteiger partial charge in [0.1, 0.15) is 5.82 Å². The molecule has 1 saturated heterocycles. The normalized spacial score (nSPS) is 22.5. The van der Waals surface area contributed by atoms with Gasteiger partial charge in [-0.2, -0.15) is 0 Å². The van der Waals surface area contributed by atoms with Crippen LogP contribution in [-0.4, -0.2) is 29.1 Å². The van der Waals surface area contributed by atoms with Crippen molar-refractivity contribution in [1.29, 1.82) is 0 Å². The zero-order valence-corrected chi connectivity index (χ0v) is 15.8. The van der Waals surface area contributed by atoms with Crippen LogP contribution in [0.5, 0.6) is 0 Å². The lowest BCUT2D eigenvalue weighted by atomic mass is 9.97. The van der Waals surface area contributed by atoms with Crippen LogP contribution in [0.4, 0.5) is 21.6 Å².